The summed E-state index contributed by atoms with van der Waals surface area (Å²) < 4.78 is 20.2. The van der Waals surface area contributed by atoms with Crippen LogP contribution >= 0.6 is 0 Å². The van der Waals surface area contributed by atoms with Crippen LogP contribution in [0.1, 0.15) is 43.4 Å². The topological polar surface area (TPSA) is 32.7 Å². The summed E-state index contributed by atoms with van der Waals surface area (Å²) >= 11 is 0. The lowest BCUT2D eigenvalue weighted by Crippen LogP contribution is -2.49. The van der Waals surface area contributed by atoms with Crippen molar-refractivity contribution < 1.29 is 14.2 Å². The average Bonchev–Trinajstić information content (AvgIpc) is 2.72. The summed E-state index contributed by atoms with van der Waals surface area (Å²) in [5.41, 5.74) is 0.586. The highest BCUT2D eigenvalue weighted by Gasteiger charge is 2.56. The molecule has 1 atom stereocenters. The van der Waals surface area contributed by atoms with E-state index in [1.165, 1.54) is 0 Å². The summed E-state index contributed by atoms with van der Waals surface area (Å²) in [5, 5.41) is 11.8. The predicted molar refractivity (Wildman–Crippen MR) is 89.3 cm³/mol. The number of likely N-dealkylation sites (tertiary alicyclic amines) is 1. The van der Waals surface area contributed by atoms with Crippen LogP contribution in [-0.4, -0.2) is 37.3 Å². The first kappa shape index (κ1) is 16.7. The molecule has 4 heteroatoms. The highest BCUT2D eigenvalue weighted by atomic mass is 19.1. The third kappa shape index (κ3) is 2.30. The molecule has 3 rings (SSSR count). The number of halogens is 1. The Morgan fingerprint density at radius 3 is 2.48 bits per heavy atom. The monoisotopic (exact) mass is 321 g/mol. The highest BCUT2D eigenvalue weighted by molar-refractivity contribution is 5.50. The zero-order chi connectivity index (χ0) is 17.0. The molecule has 2 aliphatic rings. The standard InChI is InChI=1S/C19H28FNO2/c1-12-16(23-5)10-15-14(17(12)20)11-18(2,3)19(15,22)13-6-8-21(4)9-7-13/h10,13,22H,6-9,11H2,1-5H3. The molecule has 23 heavy (non-hydrogen) atoms. The molecule has 1 unspecified atom stereocenters. The Balaban J connectivity index is 2.13. The van der Waals surface area contributed by atoms with Crippen molar-refractivity contribution >= 4 is 0 Å². The van der Waals surface area contributed by atoms with E-state index in [4.69, 9.17) is 4.74 Å². The van der Waals surface area contributed by atoms with Crippen LogP contribution in [0.4, 0.5) is 4.39 Å². The van der Waals surface area contributed by atoms with E-state index in [1.807, 2.05) is 6.07 Å². The normalized spacial score (nSPS) is 28.0. The van der Waals surface area contributed by atoms with Crippen LogP contribution in [0.25, 0.3) is 0 Å². The molecule has 128 valence electrons. The maximum absolute atomic E-state index is 14.9. The Kier molecular flexibility index (Phi) is 3.96. The van der Waals surface area contributed by atoms with Crippen LogP contribution in [0, 0.1) is 24.1 Å². The van der Waals surface area contributed by atoms with Gasteiger partial charge in [0, 0.05) is 11.0 Å². The molecule has 0 amide bonds. The van der Waals surface area contributed by atoms with Gasteiger partial charge in [-0.1, -0.05) is 13.8 Å². The SMILES string of the molecule is COc1cc2c(c(F)c1C)CC(C)(C)C2(O)C1CCN(C)CC1. The van der Waals surface area contributed by atoms with Crippen molar-refractivity contribution in [2.75, 3.05) is 27.2 Å². The minimum atomic E-state index is -0.995. The molecule has 1 aromatic rings. The molecular weight excluding hydrogens is 293 g/mol. The second kappa shape index (κ2) is 5.45. The Labute approximate surface area is 138 Å². The largest absolute Gasteiger partial charge is 0.496 e. The zero-order valence-electron chi connectivity index (χ0n) is 14.9. The number of methoxy groups -OCH3 is 1. The van der Waals surface area contributed by atoms with Gasteiger partial charge in [0.25, 0.3) is 0 Å². The van der Waals surface area contributed by atoms with Crippen molar-refractivity contribution in [1.82, 2.24) is 4.90 Å². The number of aliphatic hydroxyl groups is 1. The smallest absolute Gasteiger partial charge is 0.133 e. The Hall–Kier alpha value is -1.13. The van der Waals surface area contributed by atoms with E-state index in [0.29, 0.717) is 23.3 Å². The number of hydrogen-bond acceptors (Lipinski definition) is 3. The molecule has 1 aliphatic heterocycles. The lowest BCUT2D eigenvalue weighted by atomic mass is 9.65. The van der Waals surface area contributed by atoms with E-state index < -0.39 is 5.60 Å². The number of hydrogen-bond donors (Lipinski definition) is 1. The first-order chi connectivity index (χ1) is 10.7. The van der Waals surface area contributed by atoms with Crippen LogP contribution in [0.2, 0.25) is 0 Å². The van der Waals surface area contributed by atoms with Crippen LogP contribution in [0.15, 0.2) is 6.07 Å². The lowest BCUT2D eigenvalue weighted by Gasteiger charge is -2.46. The predicted octanol–water partition coefficient (Wildman–Crippen LogP) is 3.25. The maximum Gasteiger partial charge on any atom is 0.133 e. The molecule has 3 nitrogen and oxygen atoms in total. The third-order valence-corrected chi connectivity index (χ3v) is 6.15. The van der Waals surface area contributed by atoms with Crippen molar-refractivity contribution in [3.05, 3.63) is 28.6 Å². The fourth-order valence-corrected chi connectivity index (χ4v) is 4.64. The Morgan fingerprint density at radius 1 is 1.30 bits per heavy atom. The van der Waals surface area contributed by atoms with Gasteiger partial charge in [0.05, 0.1) is 12.7 Å². The van der Waals surface area contributed by atoms with Gasteiger partial charge >= 0.3 is 0 Å². The number of ether oxygens (including phenoxy) is 1. The summed E-state index contributed by atoms with van der Waals surface area (Å²) in [5.74, 6) is 0.475. The first-order valence-corrected chi connectivity index (χ1v) is 8.49. The number of nitrogens with zero attached hydrogens (tertiary/aromatic N) is 1. The number of benzene rings is 1. The van der Waals surface area contributed by atoms with Gasteiger partial charge in [-0.2, -0.15) is 0 Å². The minimum absolute atomic E-state index is 0.154. The molecule has 0 saturated carbocycles. The second-order valence-corrected chi connectivity index (χ2v) is 7.95. The summed E-state index contributed by atoms with van der Waals surface area (Å²) in [6.45, 7) is 7.82. The van der Waals surface area contributed by atoms with E-state index in [-0.39, 0.29) is 17.2 Å². The fourth-order valence-electron chi connectivity index (χ4n) is 4.64. The molecule has 1 saturated heterocycles. The number of piperidine rings is 1. The molecule has 1 aromatic carbocycles. The Morgan fingerprint density at radius 2 is 1.91 bits per heavy atom. The van der Waals surface area contributed by atoms with E-state index in [9.17, 15) is 9.50 Å². The van der Waals surface area contributed by atoms with E-state index in [1.54, 1.807) is 14.0 Å². The summed E-state index contributed by atoms with van der Waals surface area (Å²) in [6.07, 6.45) is 2.45. The van der Waals surface area contributed by atoms with Gasteiger partial charge in [-0.3, -0.25) is 0 Å². The maximum atomic E-state index is 14.9. The minimum Gasteiger partial charge on any atom is -0.496 e. The second-order valence-electron chi connectivity index (χ2n) is 7.95. The van der Waals surface area contributed by atoms with Crippen LogP contribution in [-0.2, 0) is 12.0 Å². The van der Waals surface area contributed by atoms with Crippen molar-refractivity contribution in [2.24, 2.45) is 11.3 Å². The molecule has 0 spiro atoms. The molecular formula is C19H28FNO2. The third-order valence-electron chi connectivity index (χ3n) is 6.15. The molecule has 0 aromatic heterocycles. The van der Waals surface area contributed by atoms with Gasteiger partial charge in [0.15, 0.2) is 0 Å². The van der Waals surface area contributed by atoms with Gasteiger partial charge in [0.1, 0.15) is 11.6 Å². The molecule has 1 heterocycles. The van der Waals surface area contributed by atoms with Crippen molar-refractivity contribution in [1.29, 1.82) is 0 Å². The van der Waals surface area contributed by atoms with Crippen LogP contribution in [0.5, 0.6) is 5.75 Å². The van der Waals surface area contributed by atoms with E-state index in [2.05, 4.69) is 25.8 Å². The van der Waals surface area contributed by atoms with Crippen LogP contribution in [0.3, 0.4) is 0 Å². The number of fused-ring (bicyclic) bond motifs is 1. The van der Waals surface area contributed by atoms with Crippen molar-refractivity contribution in [2.45, 2.75) is 45.6 Å². The summed E-state index contributed by atoms with van der Waals surface area (Å²) in [4.78, 5) is 2.29. The zero-order valence-corrected chi connectivity index (χ0v) is 14.9. The van der Waals surface area contributed by atoms with Gasteiger partial charge in [0.2, 0.25) is 0 Å². The lowest BCUT2D eigenvalue weighted by molar-refractivity contribution is -0.121. The van der Waals surface area contributed by atoms with Gasteiger partial charge < -0.3 is 14.7 Å². The number of rotatable bonds is 2. The molecule has 1 fully saturated rings. The van der Waals surface area contributed by atoms with Gasteiger partial charge in [-0.25, -0.2) is 4.39 Å². The molecule has 1 N–H and O–H groups in total. The van der Waals surface area contributed by atoms with Gasteiger partial charge in [-0.15, -0.1) is 0 Å². The highest BCUT2D eigenvalue weighted by Crippen LogP contribution is 2.57. The molecule has 0 bridgehead atoms. The molecule has 0 radical (unpaired) electrons. The average molecular weight is 321 g/mol. The quantitative estimate of drug-likeness (QED) is 0.907. The first-order valence-electron chi connectivity index (χ1n) is 8.49. The van der Waals surface area contributed by atoms with E-state index >= 15 is 0 Å². The van der Waals surface area contributed by atoms with Crippen molar-refractivity contribution in [3.8, 4) is 5.75 Å². The molecule has 1 aliphatic carbocycles. The van der Waals surface area contributed by atoms with Gasteiger partial charge in [-0.05, 0) is 69.4 Å². The summed E-state index contributed by atoms with van der Waals surface area (Å²) in [6, 6.07) is 1.88. The van der Waals surface area contributed by atoms with Crippen LogP contribution < -0.4 is 4.74 Å². The fraction of sp³-hybridized carbons (Fsp3) is 0.684. The van der Waals surface area contributed by atoms with E-state index in [0.717, 1.165) is 31.5 Å². The summed E-state index contributed by atoms with van der Waals surface area (Å²) in [7, 11) is 3.67. The van der Waals surface area contributed by atoms with Crippen molar-refractivity contribution in [3.63, 3.8) is 0 Å². The Bertz CT molecular complexity index is 620.